The molecule has 1 aromatic carbocycles. The maximum Gasteiger partial charge on any atom is 0.227 e. The Morgan fingerprint density at radius 3 is 2.50 bits per heavy atom. The Morgan fingerprint density at radius 1 is 1.14 bits per heavy atom. The minimum atomic E-state index is 0.340. The van der Waals surface area contributed by atoms with E-state index >= 15 is 0 Å². The average molecular weight is 298 g/mol. The summed E-state index contributed by atoms with van der Waals surface area (Å²) in [7, 11) is 2.05. The lowest BCUT2D eigenvalue weighted by molar-refractivity contribution is 0.749. The minimum Gasteiger partial charge on any atom is -0.368 e. The Hall–Kier alpha value is -2.10. The molecular formula is C18H26N4. The van der Waals surface area contributed by atoms with E-state index in [-0.39, 0.29) is 0 Å². The van der Waals surface area contributed by atoms with Crippen LogP contribution in [0.15, 0.2) is 36.4 Å². The summed E-state index contributed by atoms with van der Waals surface area (Å²) in [6.45, 7) is 7.40. The number of hydrogen-bond donors (Lipinski definition) is 1. The molecule has 0 atom stereocenters. The van der Waals surface area contributed by atoms with E-state index in [9.17, 15) is 0 Å². The number of benzene rings is 1. The van der Waals surface area contributed by atoms with Crippen LogP contribution in [0.2, 0.25) is 0 Å². The quantitative estimate of drug-likeness (QED) is 0.831. The van der Waals surface area contributed by atoms with Gasteiger partial charge >= 0.3 is 0 Å². The highest BCUT2D eigenvalue weighted by molar-refractivity contribution is 5.64. The molecule has 4 nitrogen and oxygen atoms in total. The van der Waals surface area contributed by atoms with Crippen LogP contribution in [0.5, 0.6) is 0 Å². The zero-order chi connectivity index (χ0) is 15.9. The van der Waals surface area contributed by atoms with E-state index in [1.807, 2.05) is 24.3 Å². The summed E-state index contributed by atoms with van der Waals surface area (Å²) >= 11 is 0. The average Bonchev–Trinajstić information content (AvgIpc) is 2.52. The lowest BCUT2D eigenvalue weighted by Crippen LogP contribution is -2.22. The molecule has 2 aromatic rings. The van der Waals surface area contributed by atoms with Crippen LogP contribution < -0.4 is 10.2 Å². The normalized spacial score (nSPS) is 10.8. The van der Waals surface area contributed by atoms with Gasteiger partial charge in [-0.15, -0.1) is 0 Å². The van der Waals surface area contributed by atoms with Crippen molar-refractivity contribution in [3.63, 3.8) is 0 Å². The fourth-order valence-electron chi connectivity index (χ4n) is 2.23. The van der Waals surface area contributed by atoms with Gasteiger partial charge in [0.05, 0.1) is 5.69 Å². The topological polar surface area (TPSA) is 41.1 Å². The van der Waals surface area contributed by atoms with Crippen LogP contribution in [0.3, 0.4) is 0 Å². The summed E-state index contributed by atoms with van der Waals surface area (Å²) in [6.07, 6.45) is 2.31. The number of rotatable bonds is 7. The van der Waals surface area contributed by atoms with Crippen molar-refractivity contribution in [3.8, 4) is 11.3 Å². The smallest absolute Gasteiger partial charge is 0.227 e. The second kappa shape index (κ2) is 7.78. The molecule has 1 heterocycles. The molecule has 1 N–H and O–H groups in total. The van der Waals surface area contributed by atoms with E-state index in [4.69, 9.17) is 4.98 Å². The Bertz CT molecular complexity index is 581. The number of nitrogens with zero attached hydrogens (tertiary/aromatic N) is 3. The maximum atomic E-state index is 4.74. The highest BCUT2D eigenvalue weighted by Gasteiger charge is 2.10. The Kier molecular flexibility index (Phi) is 5.75. The number of aromatic nitrogens is 2. The van der Waals surface area contributed by atoms with Crippen LogP contribution in [-0.4, -0.2) is 29.6 Å². The summed E-state index contributed by atoms with van der Waals surface area (Å²) in [4.78, 5) is 11.5. The number of hydrogen-bond acceptors (Lipinski definition) is 4. The highest BCUT2D eigenvalue weighted by atomic mass is 15.2. The van der Waals surface area contributed by atoms with Gasteiger partial charge in [0.25, 0.3) is 0 Å². The van der Waals surface area contributed by atoms with Gasteiger partial charge in [-0.3, -0.25) is 0 Å². The molecule has 118 valence electrons. The summed E-state index contributed by atoms with van der Waals surface area (Å²) in [6, 6.07) is 12.6. The van der Waals surface area contributed by atoms with Crippen molar-refractivity contribution >= 4 is 11.8 Å². The minimum absolute atomic E-state index is 0.340. The maximum absolute atomic E-state index is 4.74. The van der Waals surface area contributed by atoms with Crippen molar-refractivity contribution in [2.75, 3.05) is 23.8 Å². The third-order valence-corrected chi connectivity index (χ3v) is 3.41. The Labute approximate surface area is 133 Å². The molecule has 0 saturated heterocycles. The van der Waals surface area contributed by atoms with Crippen molar-refractivity contribution in [1.29, 1.82) is 0 Å². The SMILES string of the molecule is CCCCN(C)c1nc(NC(C)C)cc(-c2ccccc2)n1. The molecule has 0 radical (unpaired) electrons. The zero-order valence-corrected chi connectivity index (χ0v) is 14.0. The van der Waals surface area contributed by atoms with E-state index in [0.29, 0.717) is 6.04 Å². The van der Waals surface area contributed by atoms with Crippen LogP contribution in [0, 0.1) is 0 Å². The van der Waals surface area contributed by atoms with Gasteiger partial charge in [-0.25, -0.2) is 4.98 Å². The first kappa shape index (κ1) is 16.3. The molecule has 2 rings (SSSR count). The standard InChI is InChI=1S/C18H26N4/c1-5-6-12-22(4)18-20-16(15-10-8-7-9-11-15)13-17(21-18)19-14(2)3/h7-11,13-14H,5-6,12H2,1-4H3,(H,19,20,21). The third kappa shape index (κ3) is 4.45. The van der Waals surface area contributed by atoms with Gasteiger partial charge in [-0.2, -0.15) is 4.98 Å². The van der Waals surface area contributed by atoms with E-state index in [2.05, 4.69) is 55.2 Å². The van der Waals surface area contributed by atoms with Gasteiger partial charge in [0.1, 0.15) is 5.82 Å². The lowest BCUT2D eigenvalue weighted by Gasteiger charge is -2.19. The van der Waals surface area contributed by atoms with Crippen molar-refractivity contribution in [2.45, 2.75) is 39.7 Å². The zero-order valence-electron chi connectivity index (χ0n) is 14.0. The fraction of sp³-hybridized carbons (Fsp3) is 0.444. The van der Waals surface area contributed by atoms with E-state index in [0.717, 1.165) is 36.0 Å². The number of nitrogens with one attached hydrogen (secondary N) is 1. The van der Waals surface area contributed by atoms with Crippen LogP contribution in [0.4, 0.5) is 11.8 Å². The third-order valence-electron chi connectivity index (χ3n) is 3.41. The predicted octanol–water partition coefficient (Wildman–Crippen LogP) is 4.20. The van der Waals surface area contributed by atoms with E-state index < -0.39 is 0 Å². The lowest BCUT2D eigenvalue weighted by atomic mass is 10.1. The molecule has 0 bridgehead atoms. The molecule has 0 unspecified atom stereocenters. The predicted molar refractivity (Wildman–Crippen MR) is 94.4 cm³/mol. The Balaban J connectivity index is 2.36. The molecule has 0 spiro atoms. The summed E-state index contributed by atoms with van der Waals surface area (Å²) < 4.78 is 0. The molecule has 0 amide bonds. The summed E-state index contributed by atoms with van der Waals surface area (Å²) in [5.74, 6) is 1.65. The summed E-state index contributed by atoms with van der Waals surface area (Å²) in [5, 5.41) is 3.39. The van der Waals surface area contributed by atoms with Gasteiger partial charge in [0.2, 0.25) is 5.95 Å². The monoisotopic (exact) mass is 298 g/mol. The second-order valence-electron chi connectivity index (χ2n) is 5.88. The van der Waals surface area contributed by atoms with Crippen LogP contribution in [0.25, 0.3) is 11.3 Å². The molecule has 0 aliphatic rings. The molecule has 4 heteroatoms. The molecule has 0 aliphatic carbocycles. The molecule has 0 aliphatic heterocycles. The summed E-state index contributed by atoms with van der Waals surface area (Å²) in [5.41, 5.74) is 2.07. The molecule has 0 saturated carbocycles. The van der Waals surface area contributed by atoms with Crippen molar-refractivity contribution < 1.29 is 0 Å². The first-order valence-electron chi connectivity index (χ1n) is 8.02. The molecule has 0 fully saturated rings. The number of anilines is 2. The fourth-order valence-corrected chi connectivity index (χ4v) is 2.23. The largest absolute Gasteiger partial charge is 0.368 e. The van der Waals surface area contributed by atoms with Gasteiger partial charge < -0.3 is 10.2 Å². The first-order chi connectivity index (χ1) is 10.6. The van der Waals surface area contributed by atoms with Gasteiger partial charge in [-0.05, 0) is 20.3 Å². The first-order valence-corrected chi connectivity index (χ1v) is 8.02. The molecule has 22 heavy (non-hydrogen) atoms. The van der Waals surface area contributed by atoms with Crippen molar-refractivity contribution in [3.05, 3.63) is 36.4 Å². The van der Waals surface area contributed by atoms with Crippen LogP contribution >= 0.6 is 0 Å². The highest BCUT2D eigenvalue weighted by Crippen LogP contribution is 2.23. The molecule has 1 aromatic heterocycles. The molecular weight excluding hydrogens is 272 g/mol. The van der Waals surface area contributed by atoms with E-state index in [1.54, 1.807) is 0 Å². The Morgan fingerprint density at radius 2 is 1.86 bits per heavy atom. The van der Waals surface area contributed by atoms with Gasteiger partial charge in [0.15, 0.2) is 0 Å². The van der Waals surface area contributed by atoms with Gasteiger partial charge in [-0.1, -0.05) is 43.7 Å². The second-order valence-corrected chi connectivity index (χ2v) is 5.88. The van der Waals surface area contributed by atoms with Crippen LogP contribution in [-0.2, 0) is 0 Å². The van der Waals surface area contributed by atoms with Gasteiger partial charge in [0, 0.05) is 31.3 Å². The van der Waals surface area contributed by atoms with Crippen molar-refractivity contribution in [1.82, 2.24) is 9.97 Å². The number of unbranched alkanes of at least 4 members (excludes halogenated alkanes) is 1. The van der Waals surface area contributed by atoms with Crippen LogP contribution in [0.1, 0.15) is 33.6 Å². The van der Waals surface area contributed by atoms with Crippen molar-refractivity contribution in [2.24, 2.45) is 0 Å². The van der Waals surface area contributed by atoms with E-state index in [1.165, 1.54) is 6.42 Å².